The van der Waals surface area contributed by atoms with Crippen molar-refractivity contribution in [1.82, 2.24) is 19.9 Å². The van der Waals surface area contributed by atoms with Crippen LogP contribution in [0.1, 0.15) is 28.7 Å². The summed E-state index contributed by atoms with van der Waals surface area (Å²) < 4.78 is 0. The van der Waals surface area contributed by atoms with Crippen LogP contribution < -0.4 is 0 Å². The first kappa shape index (κ1) is 15.4. The molecular weight excluding hydrogens is 320 g/mol. The van der Waals surface area contributed by atoms with Crippen molar-refractivity contribution in [3.05, 3.63) is 53.2 Å². The van der Waals surface area contributed by atoms with E-state index in [0.29, 0.717) is 18.7 Å². The minimum Gasteiger partial charge on any atom is -0.479 e. The standard InChI is InChI=1S/C18H18N4O3/c1-10-12(11-4-2-3-5-13(11)21-10)8-15(23)22-7-6-14-16(20-9-19-14)17(22)18(24)25/h2-5,9,17,21H,6-8H2,1H3,(H,19,20)(H,24,25). The quantitative estimate of drug-likeness (QED) is 0.679. The van der Waals surface area contributed by atoms with Crippen molar-refractivity contribution in [2.75, 3.05) is 6.54 Å². The molecule has 7 heteroatoms. The predicted molar refractivity (Wildman–Crippen MR) is 91.1 cm³/mol. The van der Waals surface area contributed by atoms with Gasteiger partial charge in [0, 0.05) is 35.3 Å². The van der Waals surface area contributed by atoms with Gasteiger partial charge in [-0.25, -0.2) is 9.78 Å². The fourth-order valence-corrected chi connectivity index (χ4v) is 3.61. The summed E-state index contributed by atoms with van der Waals surface area (Å²) >= 11 is 0. The second-order valence-corrected chi connectivity index (χ2v) is 6.30. The Bertz CT molecular complexity index is 972. The number of aliphatic carboxylic acids is 1. The van der Waals surface area contributed by atoms with Gasteiger partial charge in [-0.2, -0.15) is 0 Å². The van der Waals surface area contributed by atoms with Crippen LogP contribution >= 0.6 is 0 Å². The average Bonchev–Trinajstić information content (AvgIpc) is 3.18. The Labute approximate surface area is 143 Å². The van der Waals surface area contributed by atoms with E-state index >= 15 is 0 Å². The molecule has 4 rings (SSSR count). The first-order valence-electron chi connectivity index (χ1n) is 8.17. The molecular formula is C18H18N4O3. The number of carboxylic acids is 1. The monoisotopic (exact) mass is 338 g/mol. The summed E-state index contributed by atoms with van der Waals surface area (Å²) in [6.07, 6.45) is 2.23. The number of amides is 1. The van der Waals surface area contributed by atoms with E-state index < -0.39 is 12.0 Å². The third-order valence-electron chi connectivity index (χ3n) is 4.83. The van der Waals surface area contributed by atoms with Crippen LogP contribution in [0.2, 0.25) is 0 Å². The molecule has 1 unspecified atom stereocenters. The maximum Gasteiger partial charge on any atom is 0.332 e. The molecule has 3 N–H and O–H groups in total. The van der Waals surface area contributed by atoms with Gasteiger partial charge in [0.2, 0.25) is 5.91 Å². The lowest BCUT2D eigenvalue weighted by Gasteiger charge is -2.32. The molecule has 1 atom stereocenters. The molecule has 0 radical (unpaired) electrons. The Morgan fingerprint density at radius 2 is 2.16 bits per heavy atom. The summed E-state index contributed by atoms with van der Waals surface area (Å²) in [5.74, 6) is -1.26. The maximum absolute atomic E-state index is 12.9. The summed E-state index contributed by atoms with van der Waals surface area (Å²) in [6, 6.07) is 6.77. The lowest BCUT2D eigenvalue weighted by atomic mass is 10.0. The van der Waals surface area contributed by atoms with E-state index in [1.54, 1.807) is 0 Å². The second kappa shape index (κ2) is 5.77. The second-order valence-electron chi connectivity index (χ2n) is 6.30. The van der Waals surface area contributed by atoms with Crippen LogP contribution in [0, 0.1) is 6.92 Å². The third-order valence-corrected chi connectivity index (χ3v) is 4.83. The molecule has 3 heterocycles. The van der Waals surface area contributed by atoms with Crippen LogP contribution in [0.15, 0.2) is 30.6 Å². The number of para-hydroxylation sites is 1. The molecule has 0 aliphatic carbocycles. The number of carboxylic acid groups (broad SMARTS) is 1. The topological polar surface area (TPSA) is 102 Å². The van der Waals surface area contributed by atoms with Crippen LogP contribution in [0.4, 0.5) is 0 Å². The van der Waals surface area contributed by atoms with E-state index in [1.165, 1.54) is 11.2 Å². The molecule has 0 saturated heterocycles. The highest BCUT2D eigenvalue weighted by Crippen LogP contribution is 2.29. The van der Waals surface area contributed by atoms with Gasteiger partial charge in [0.05, 0.1) is 18.4 Å². The molecule has 1 amide bonds. The minimum atomic E-state index is -1.06. The molecule has 1 aliphatic rings. The summed E-state index contributed by atoms with van der Waals surface area (Å²) in [6.45, 7) is 2.30. The van der Waals surface area contributed by atoms with Crippen LogP contribution in [0.5, 0.6) is 0 Å². The van der Waals surface area contributed by atoms with Gasteiger partial charge in [0.1, 0.15) is 0 Å². The molecule has 3 aromatic rings. The van der Waals surface area contributed by atoms with Gasteiger partial charge < -0.3 is 20.0 Å². The summed E-state index contributed by atoms with van der Waals surface area (Å²) in [5.41, 5.74) is 4.05. The van der Waals surface area contributed by atoms with Gasteiger partial charge in [0.15, 0.2) is 6.04 Å². The van der Waals surface area contributed by atoms with Crippen LogP contribution in [0.25, 0.3) is 10.9 Å². The lowest BCUT2D eigenvalue weighted by Crippen LogP contribution is -2.44. The average molecular weight is 338 g/mol. The van der Waals surface area contributed by atoms with E-state index in [1.807, 2.05) is 31.2 Å². The fourth-order valence-electron chi connectivity index (χ4n) is 3.61. The van der Waals surface area contributed by atoms with Gasteiger partial charge in [0.25, 0.3) is 0 Å². The number of rotatable bonds is 3. The zero-order chi connectivity index (χ0) is 17.6. The van der Waals surface area contributed by atoms with Crippen molar-refractivity contribution in [2.24, 2.45) is 0 Å². The van der Waals surface area contributed by atoms with E-state index in [0.717, 1.165) is 27.9 Å². The zero-order valence-electron chi connectivity index (χ0n) is 13.7. The molecule has 25 heavy (non-hydrogen) atoms. The van der Waals surface area contributed by atoms with Crippen molar-refractivity contribution in [3.8, 4) is 0 Å². The van der Waals surface area contributed by atoms with E-state index in [-0.39, 0.29) is 12.3 Å². The third kappa shape index (κ3) is 2.48. The highest BCUT2D eigenvalue weighted by atomic mass is 16.4. The number of aryl methyl sites for hydroxylation is 1. The molecule has 2 aromatic heterocycles. The number of hydrogen-bond donors (Lipinski definition) is 3. The zero-order valence-corrected chi connectivity index (χ0v) is 13.7. The lowest BCUT2D eigenvalue weighted by molar-refractivity contribution is -0.151. The highest BCUT2D eigenvalue weighted by molar-refractivity contribution is 5.92. The van der Waals surface area contributed by atoms with Crippen molar-refractivity contribution in [2.45, 2.75) is 25.8 Å². The number of hydrogen-bond acceptors (Lipinski definition) is 3. The van der Waals surface area contributed by atoms with Crippen LogP contribution in [-0.4, -0.2) is 43.4 Å². The number of imidazole rings is 1. The van der Waals surface area contributed by atoms with E-state index in [4.69, 9.17) is 0 Å². The summed E-state index contributed by atoms with van der Waals surface area (Å²) in [4.78, 5) is 36.5. The summed E-state index contributed by atoms with van der Waals surface area (Å²) in [7, 11) is 0. The number of carbonyl (C=O) groups is 2. The fraction of sp³-hybridized carbons (Fsp3) is 0.278. The molecule has 7 nitrogen and oxygen atoms in total. The normalized spacial score (nSPS) is 16.8. The number of H-pyrrole nitrogens is 2. The van der Waals surface area contributed by atoms with Crippen molar-refractivity contribution in [3.63, 3.8) is 0 Å². The van der Waals surface area contributed by atoms with Gasteiger partial charge >= 0.3 is 5.97 Å². The Kier molecular flexibility index (Phi) is 3.56. The van der Waals surface area contributed by atoms with Gasteiger partial charge in [-0.05, 0) is 18.6 Å². The highest BCUT2D eigenvalue weighted by Gasteiger charge is 2.38. The van der Waals surface area contributed by atoms with E-state index in [2.05, 4.69) is 15.0 Å². The molecule has 1 aliphatic heterocycles. The largest absolute Gasteiger partial charge is 0.479 e. The predicted octanol–water partition coefficient (Wildman–Crippen LogP) is 1.95. The number of aromatic amines is 2. The molecule has 0 bridgehead atoms. The van der Waals surface area contributed by atoms with Crippen molar-refractivity contribution >= 4 is 22.8 Å². The molecule has 1 aromatic carbocycles. The molecule has 0 fully saturated rings. The molecule has 0 spiro atoms. The number of nitrogens with one attached hydrogen (secondary N) is 2. The van der Waals surface area contributed by atoms with Crippen LogP contribution in [-0.2, 0) is 22.4 Å². The van der Waals surface area contributed by atoms with Crippen LogP contribution in [0.3, 0.4) is 0 Å². The summed E-state index contributed by atoms with van der Waals surface area (Å²) in [5, 5.41) is 10.6. The van der Waals surface area contributed by atoms with Crippen molar-refractivity contribution in [1.29, 1.82) is 0 Å². The molecule has 128 valence electrons. The van der Waals surface area contributed by atoms with Crippen molar-refractivity contribution < 1.29 is 14.7 Å². The number of aromatic nitrogens is 3. The van der Waals surface area contributed by atoms with Gasteiger partial charge in [-0.1, -0.05) is 18.2 Å². The minimum absolute atomic E-state index is 0.166. The Hall–Kier alpha value is -3.09. The maximum atomic E-state index is 12.9. The smallest absolute Gasteiger partial charge is 0.332 e. The Morgan fingerprint density at radius 3 is 2.96 bits per heavy atom. The Morgan fingerprint density at radius 1 is 1.36 bits per heavy atom. The number of nitrogens with zero attached hydrogens (tertiary/aromatic N) is 2. The SMILES string of the molecule is Cc1[nH]c2ccccc2c1CC(=O)N1CCc2[nH]cnc2C1C(=O)O. The van der Waals surface area contributed by atoms with Gasteiger partial charge in [-0.3, -0.25) is 4.79 Å². The van der Waals surface area contributed by atoms with Gasteiger partial charge in [-0.15, -0.1) is 0 Å². The van der Waals surface area contributed by atoms with E-state index in [9.17, 15) is 14.7 Å². The first-order valence-corrected chi connectivity index (χ1v) is 8.17. The number of fused-ring (bicyclic) bond motifs is 2. The number of carbonyl (C=O) groups excluding carboxylic acids is 1. The molecule has 0 saturated carbocycles. The number of benzene rings is 1. The Balaban J connectivity index is 1.66. The first-order chi connectivity index (χ1) is 12.1.